The second-order valence-corrected chi connectivity index (χ2v) is 4.46. The van der Waals surface area contributed by atoms with Crippen molar-refractivity contribution >= 4 is 5.91 Å². The molecule has 0 saturated carbocycles. The van der Waals surface area contributed by atoms with Gasteiger partial charge in [-0.3, -0.25) is 15.1 Å². The van der Waals surface area contributed by atoms with Gasteiger partial charge in [-0.05, 0) is 18.5 Å². The van der Waals surface area contributed by atoms with Crippen LogP contribution >= 0.6 is 0 Å². The molecule has 1 aromatic carbocycles. The first kappa shape index (κ1) is 13.0. The fourth-order valence-electron chi connectivity index (χ4n) is 2.37. The van der Waals surface area contributed by atoms with Crippen LogP contribution in [0.25, 0.3) is 0 Å². The number of hydrogen-bond donors (Lipinski definition) is 3. The lowest BCUT2D eigenvalue weighted by Gasteiger charge is -2.29. The lowest BCUT2D eigenvalue weighted by atomic mass is 10.0. The first-order valence-corrected chi connectivity index (χ1v) is 6.33. The number of nitrogens with zero attached hydrogens (tertiary/aromatic N) is 1. The highest BCUT2D eigenvalue weighted by Crippen LogP contribution is 2.21. The third-order valence-electron chi connectivity index (χ3n) is 3.25. The van der Waals surface area contributed by atoms with Gasteiger partial charge in [0.05, 0.1) is 0 Å². The highest BCUT2D eigenvalue weighted by Gasteiger charge is 2.27. The summed E-state index contributed by atoms with van der Waals surface area (Å²) in [6.07, 6.45) is 1.04. The molecule has 1 saturated heterocycles. The van der Waals surface area contributed by atoms with Crippen molar-refractivity contribution in [1.82, 2.24) is 15.6 Å². The van der Waals surface area contributed by atoms with Gasteiger partial charge in [0, 0.05) is 19.6 Å². The topological polar surface area (TPSA) is 70.4 Å². The predicted octanol–water partition coefficient (Wildman–Crippen LogP) is 0.0129. The monoisotopic (exact) mass is 248 g/mol. The van der Waals surface area contributed by atoms with Gasteiger partial charge < -0.3 is 5.32 Å². The predicted molar refractivity (Wildman–Crippen MR) is 70.6 cm³/mol. The number of hydrogen-bond acceptors (Lipinski definition) is 4. The Morgan fingerprint density at radius 1 is 1.28 bits per heavy atom. The Morgan fingerprint density at radius 2 is 2.06 bits per heavy atom. The third-order valence-corrected chi connectivity index (χ3v) is 3.25. The van der Waals surface area contributed by atoms with Crippen molar-refractivity contribution < 1.29 is 4.79 Å². The quantitative estimate of drug-likeness (QED) is 0.400. The zero-order valence-electron chi connectivity index (χ0n) is 10.4. The third kappa shape index (κ3) is 3.07. The lowest BCUT2D eigenvalue weighted by Crippen LogP contribution is -2.44. The Hall–Kier alpha value is -1.43. The Morgan fingerprint density at radius 3 is 2.78 bits per heavy atom. The molecule has 0 aliphatic carbocycles. The fourth-order valence-corrected chi connectivity index (χ4v) is 2.37. The van der Waals surface area contributed by atoms with Crippen molar-refractivity contribution in [2.45, 2.75) is 12.5 Å². The molecule has 98 valence electrons. The normalized spacial score (nSPS) is 18.9. The van der Waals surface area contributed by atoms with Crippen molar-refractivity contribution in [3.05, 3.63) is 35.9 Å². The van der Waals surface area contributed by atoms with Crippen LogP contribution in [0.3, 0.4) is 0 Å². The van der Waals surface area contributed by atoms with E-state index >= 15 is 0 Å². The van der Waals surface area contributed by atoms with Crippen molar-refractivity contribution in [1.29, 1.82) is 0 Å². The second-order valence-electron chi connectivity index (χ2n) is 4.46. The Kier molecular flexibility index (Phi) is 4.69. The molecule has 1 unspecified atom stereocenters. The molecule has 18 heavy (non-hydrogen) atoms. The number of carbonyl (C=O) groups excluding carboxylic acids is 1. The van der Waals surface area contributed by atoms with Crippen molar-refractivity contribution in [2.75, 3.05) is 26.2 Å². The van der Waals surface area contributed by atoms with Crippen LogP contribution in [-0.2, 0) is 4.79 Å². The molecular formula is C13H20N4O. The van der Waals surface area contributed by atoms with Gasteiger partial charge in [-0.2, -0.15) is 0 Å². The van der Waals surface area contributed by atoms with Crippen molar-refractivity contribution in [3.63, 3.8) is 0 Å². The number of hydrazine groups is 1. The highest BCUT2D eigenvalue weighted by molar-refractivity contribution is 5.82. The van der Waals surface area contributed by atoms with Gasteiger partial charge in [0.2, 0.25) is 0 Å². The highest BCUT2D eigenvalue weighted by atomic mass is 16.2. The maximum absolute atomic E-state index is 12.0. The summed E-state index contributed by atoms with van der Waals surface area (Å²) in [4.78, 5) is 14.2. The molecule has 1 aliphatic heterocycles. The summed E-state index contributed by atoms with van der Waals surface area (Å²) < 4.78 is 0. The van der Waals surface area contributed by atoms with Crippen LogP contribution < -0.4 is 16.6 Å². The Bertz CT molecular complexity index is 374. The molecule has 1 heterocycles. The number of carbonyl (C=O) groups is 1. The van der Waals surface area contributed by atoms with Gasteiger partial charge in [-0.1, -0.05) is 30.3 Å². The fraction of sp³-hybridized carbons (Fsp3) is 0.462. The van der Waals surface area contributed by atoms with E-state index in [0.717, 1.165) is 38.2 Å². The second kappa shape index (κ2) is 6.49. The number of benzene rings is 1. The lowest BCUT2D eigenvalue weighted by molar-refractivity contribution is -0.126. The van der Waals surface area contributed by atoms with Crippen LogP contribution in [0, 0.1) is 0 Å². The van der Waals surface area contributed by atoms with E-state index in [1.165, 1.54) is 0 Å². The summed E-state index contributed by atoms with van der Waals surface area (Å²) in [5.74, 6) is 5.16. The molecule has 2 rings (SSSR count). The van der Waals surface area contributed by atoms with E-state index in [1.54, 1.807) is 0 Å². The van der Waals surface area contributed by atoms with E-state index in [-0.39, 0.29) is 11.9 Å². The molecule has 0 radical (unpaired) electrons. The number of nitrogens with two attached hydrogens (primary N) is 1. The van der Waals surface area contributed by atoms with Gasteiger partial charge >= 0.3 is 0 Å². The largest absolute Gasteiger partial charge is 0.315 e. The zero-order chi connectivity index (χ0) is 12.8. The summed E-state index contributed by atoms with van der Waals surface area (Å²) in [6.45, 7) is 3.66. The first-order valence-electron chi connectivity index (χ1n) is 6.33. The molecule has 0 aromatic heterocycles. The van der Waals surface area contributed by atoms with Crippen LogP contribution in [0.4, 0.5) is 0 Å². The van der Waals surface area contributed by atoms with E-state index < -0.39 is 0 Å². The number of nitrogens with one attached hydrogen (secondary N) is 2. The average molecular weight is 248 g/mol. The van der Waals surface area contributed by atoms with Crippen LogP contribution in [0.1, 0.15) is 18.0 Å². The minimum Gasteiger partial charge on any atom is -0.315 e. The Balaban J connectivity index is 2.21. The van der Waals surface area contributed by atoms with E-state index in [1.807, 2.05) is 30.3 Å². The van der Waals surface area contributed by atoms with Gasteiger partial charge in [0.1, 0.15) is 6.04 Å². The number of rotatable bonds is 3. The molecule has 0 bridgehead atoms. The minimum atomic E-state index is -0.295. The maximum Gasteiger partial charge on any atom is 0.255 e. The molecule has 1 aliphatic rings. The molecule has 1 fully saturated rings. The maximum atomic E-state index is 12.0. The standard InChI is InChI=1S/C13H20N4O/c14-16-13(18)12(11-5-2-1-3-6-11)17-9-4-7-15-8-10-17/h1-3,5-6,12,15H,4,7-10,14H2,(H,16,18). The summed E-state index contributed by atoms with van der Waals surface area (Å²) >= 11 is 0. The number of amides is 1. The first-order chi connectivity index (χ1) is 8.83. The molecule has 0 spiro atoms. The molecule has 1 aromatic rings. The van der Waals surface area contributed by atoms with Gasteiger partial charge in [0.25, 0.3) is 5.91 Å². The molecule has 4 N–H and O–H groups in total. The molecule has 1 amide bonds. The van der Waals surface area contributed by atoms with Gasteiger partial charge in [-0.25, -0.2) is 5.84 Å². The molecule has 5 nitrogen and oxygen atoms in total. The molecular weight excluding hydrogens is 228 g/mol. The van der Waals surface area contributed by atoms with Crippen molar-refractivity contribution in [3.8, 4) is 0 Å². The van der Waals surface area contributed by atoms with Gasteiger partial charge in [0.15, 0.2) is 0 Å². The summed E-state index contributed by atoms with van der Waals surface area (Å²) in [7, 11) is 0. The van der Waals surface area contributed by atoms with Crippen molar-refractivity contribution in [2.24, 2.45) is 5.84 Å². The van der Waals surface area contributed by atoms with E-state index in [4.69, 9.17) is 5.84 Å². The van der Waals surface area contributed by atoms with E-state index in [9.17, 15) is 4.79 Å². The van der Waals surface area contributed by atoms with Crippen LogP contribution in [-0.4, -0.2) is 37.0 Å². The van der Waals surface area contributed by atoms with E-state index in [2.05, 4.69) is 15.6 Å². The van der Waals surface area contributed by atoms with E-state index in [0.29, 0.717) is 0 Å². The van der Waals surface area contributed by atoms with Crippen LogP contribution in [0.5, 0.6) is 0 Å². The zero-order valence-corrected chi connectivity index (χ0v) is 10.4. The van der Waals surface area contributed by atoms with Gasteiger partial charge in [-0.15, -0.1) is 0 Å². The summed E-state index contributed by atoms with van der Waals surface area (Å²) in [5.41, 5.74) is 3.27. The van der Waals surface area contributed by atoms with Crippen LogP contribution in [0.15, 0.2) is 30.3 Å². The molecule has 1 atom stereocenters. The minimum absolute atomic E-state index is 0.150. The van der Waals surface area contributed by atoms with Crippen LogP contribution in [0.2, 0.25) is 0 Å². The molecule has 5 heteroatoms. The average Bonchev–Trinajstić information content (AvgIpc) is 2.69. The smallest absolute Gasteiger partial charge is 0.255 e. The summed E-state index contributed by atoms with van der Waals surface area (Å²) in [5, 5.41) is 3.34. The summed E-state index contributed by atoms with van der Waals surface area (Å²) in [6, 6.07) is 9.49. The Labute approximate surface area is 107 Å². The SMILES string of the molecule is NNC(=O)C(c1ccccc1)N1CCCNCC1.